The maximum Gasteiger partial charge on any atom is 0.253 e. The van der Waals surface area contributed by atoms with E-state index >= 15 is 0 Å². The summed E-state index contributed by atoms with van der Waals surface area (Å²) < 4.78 is 0. The molecule has 0 unspecified atom stereocenters. The van der Waals surface area contributed by atoms with Gasteiger partial charge in [0.05, 0.1) is 6.42 Å². The normalized spacial score (nSPS) is 20.1. The molecule has 0 atom stereocenters. The summed E-state index contributed by atoms with van der Waals surface area (Å²) >= 11 is 0. The predicted molar refractivity (Wildman–Crippen MR) is 81.4 cm³/mol. The van der Waals surface area contributed by atoms with E-state index in [0.29, 0.717) is 12.0 Å². The van der Waals surface area contributed by atoms with Crippen molar-refractivity contribution in [1.29, 1.82) is 0 Å². The Balaban J connectivity index is 1.72. The Hall–Kier alpha value is -1.88. The molecular weight excluding hydrogens is 266 g/mol. The van der Waals surface area contributed by atoms with Crippen molar-refractivity contribution in [1.82, 2.24) is 10.2 Å². The van der Waals surface area contributed by atoms with Crippen molar-refractivity contribution in [2.45, 2.75) is 31.7 Å². The number of benzene rings is 1. The van der Waals surface area contributed by atoms with Crippen LogP contribution in [0.3, 0.4) is 0 Å². The molecule has 0 aliphatic carbocycles. The molecule has 0 saturated carbocycles. The second-order valence-corrected chi connectivity index (χ2v) is 6.20. The fraction of sp³-hybridized carbons (Fsp3) is 0.500. The average molecular weight is 287 g/mol. The van der Waals surface area contributed by atoms with Crippen molar-refractivity contribution in [2.24, 2.45) is 0 Å². The number of anilines is 1. The molecule has 2 amide bonds. The van der Waals surface area contributed by atoms with Crippen molar-refractivity contribution in [3.63, 3.8) is 0 Å². The summed E-state index contributed by atoms with van der Waals surface area (Å²) in [7, 11) is 1.97. The van der Waals surface area contributed by atoms with E-state index in [1.54, 1.807) is 6.07 Å². The second-order valence-electron chi connectivity index (χ2n) is 6.20. The summed E-state index contributed by atoms with van der Waals surface area (Å²) in [5.41, 5.74) is 2.56. The zero-order valence-electron chi connectivity index (χ0n) is 12.5. The molecule has 21 heavy (non-hydrogen) atoms. The Morgan fingerprint density at radius 3 is 2.71 bits per heavy atom. The third-order valence-electron chi connectivity index (χ3n) is 4.74. The number of piperidine rings is 1. The number of likely N-dealkylation sites (tertiary alicyclic amines) is 1. The molecule has 1 aromatic rings. The van der Waals surface area contributed by atoms with Gasteiger partial charge in [-0.25, -0.2) is 0 Å². The van der Waals surface area contributed by atoms with Crippen LogP contribution in [-0.4, -0.2) is 42.4 Å². The summed E-state index contributed by atoms with van der Waals surface area (Å²) in [6, 6.07) is 5.48. The van der Waals surface area contributed by atoms with Gasteiger partial charge in [0.15, 0.2) is 0 Å². The molecule has 5 heteroatoms. The highest BCUT2D eigenvalue weighted by Gasteiger charge is 2.31. The number of rotatable bonds is 2. The van der Waals surface area contributed by atoms with E-state index in [9.17, 15) is 9.59 Å². The number of nitrogens with one attached hydrogen (secondary N) is 2. The molecule has 2 aliphatic rings. The van der Waals surface area contributed by atoms with E-state index in [1.807, 2.05) is 24.1 Å². The van der Waals surface area contributed by atoms with Crippen LogP contribution < -0.4 is 10.6 Å². The first kappa shape index (κ1) is 14.1. The average Bonchev–Trinajstić information content (AvgIpc) is 2.86. The summed E-state index contributed by atoms with van der Waals surface area (Å²) in [6.45, 7) is 3.73. The van der Waals surface area contributed by atoms with Crippen LogP contribution in [0.2, 0.25) is 0 Å². The topological polar surface area (TPSA) is 61.4 Å². The van der Waals surface area contributed by atoms with Gasteiger partial charge in [0.1, 0.15) is 0 Å². The first-order valence-corrected chi connectivity index (χ1v) is 7.42. The lowest BCUT2D eigenvalue weighted by molar-refractivity contribution is -0.115. The first-order chi connectivity index (χ1) is 10.0. The summed E-state index contributed by atoms with van der Waals surface area (Å²) in [4.78, 5) is 25.9. The molecule has 2 heterocycles. The number of carbonyl (C=O) groups excluding carboxylic acids is 2. The van der Waals surface area contributed by atoms with Gasteiger partial charge < -0.3 is 15.5 Å². The number of amides is 2. The first-order valence-electron chi connectivity index (χ1n) is 7.42. The number of carbonyl (C=O) groups is 2. The second kappa shape index (κ2) is 5.15. The van der Waals surface area contributed by atoms with E-state index in [2.05, 4.69) is 17.6 Å². The van der Waals surface area contributed by atoms with Crippen LogP contribution in [0.15, 0.2) is 18.2 Å². The van der Waals surface area contributed by atoms with Gasteiger partial charge in [-0.1, -0.05) is 0 Å². The lowest BCUT2D eigenvalue weighted by atomic mass is 9.89. The van der Waals surface area contributed by atoms with Crippen LogP contribution in [0.5, 0.6) is 0 Å². The van der Waals surface area contributed by atoms with E-state index in [4.69, 9.17) is 0 Å². The predicted octanol–water partition coefficient (Wildman–Crippen LogP) is 1.40. The molecule has 0 aromatic heterocycles. The molecule has 2 N–H and O–H groups in total. The van der Waals surface area contributed by atoms with Gasteiger partial charge in [-0.3, -0.25) is 9.59 Å². The standard InChI is InChI=1S/C16H21N3O2/c1-16(17-2)5-7-19(8-6-16)15(21)11-3-4-13-12(9-11)10-14(20)18-13/h3-4,9,17H,5-8,10H2,1-2H3,(H,18,20). The molecule has 0 radical (unpaired) electrons. The molecule has 112 valence electrons. The summed E-state index contributed by atoms with van der Waals surface area (Å²) in [5, 5.41) is 6.12. The Morgan fingerprint density at radius 2 is 2.05 bits per heavy atom. The van der Waals surface area contributed by atoms with Crippen LogP contribution in [0, 0.1) is 0 Å². The Labute approximate surface area is 124 Å². The van der Waals surface area contributed by atoms with E-state index in [-0.39, 0.29) is 17.4 Å². The number of nitrogens with zero attached hydrogens (tertiary/aromatic N) is 1. The van der Waals surface area contributed by atoms with Crippen LogP contribution >= 0.6 is 0 Å². The van der Waals surface area contributed by atoms with Gasteiger partial charge in [0.25, 0.3) is 5.91 Å². The van der Waals surface area contributed by atoms with Gasteiger partial charge >= 0.3 is 0 Å². The monoisotopic (exact) mass is 287 g/mol. The minimum absolute atomic E-state index is 0.00245. The molecule has 1 fully saturated rings. The van der Waals surface area contributed by atoms with E-state index in [0.717, 1.165) is 37.2 Å². The smallest absolute Gasteiger partial charge is 0.253 e. The number of hydrogen-bond donors (Lipinski definition) is 2. The highest BCUT2D eigenvalue weighted by atomic mass is 16.2. The minimum atomic E-state index is -0.00245. The fourth-order valence-corrected chi connectivity index (χ4v) is 3.00. The molecule has 3 rings (SSSR count). The Bertz CT molecular complexity index is 589. The molecule has 1 saturated heterocycles. The van der Waals surface area contributed by atoms with Crippen molar-refractivity contribution < 1.29 is 9.59 Å². The van der Waals surface area contributed by atoms with Gasteiger partial charge in [-0.05, 0) is 50.6 Å². The maximum absolute atomic E-state index is 12.6. The van der Waals surface area contributed by atoms with Crippen LogP contribution in [0.25, 0.3) is 0 Å². The fourth-order valence-electron chi connectivity index (χ4n) is 3.00. The van der Waals surface area contributed by atoms with Gasteiger partial charge in [0.2, 0.25) is 5.91 Å². The number of fused-ring (bicyclic) bond motifs is 1. The van der Waals surface area contributed by atoms with Gasteiger partial charge in [0, 0.05) is 29.9 Å². The van der Waals surface area contributed by atoms with Crippen molar-refractivity contribution >= 4 is 17.5 Å². The Morgan fingerprint density at radius 1 is 1.33 bits per heavy atom. The van der Waals surface area contributed by atoms with Crippen LogP contribution in [-0.2, 0) is 11.2 Å². The number of hydrogen-bond acceptors (Lipinski definition) is 3. The van der Waals surface area contributed by atoms with Gasteiger partial charge in [-0.15, -0.1) is 0 Å². The highest BCUT2D eigenvalue weighted by Crippen LogP contribution is 2.26. The molecule has 0 bridgehead atoms. The van der Waals surface area contributed by atoms with E-state index in [1.165, 1.54) is 0 Å². The SMILES string of the molecule is CNC1(C)CCN(C(=O)c2ccc3c(c2)CC(=O)N3)CC1. The third kappa shape index (κ3) is 2.65. The highest BCUT2D eigenvalue weighted by molar-refractivity contribution is 6.01. The Kier molecular flexibility index (Phi) is 3.45. The maximum atomic E-state index is 12.6. The zero-order valence-corrected chi connectivity index (χ0v) is 12.5. The molecule has 5 nitrogen and oxygen atoms in total. The van der Waals surface area contributed by atoms with E-state index < -0.39 is 0 Å². The molecule has 2 aliphatic heterocycles. The third-order valence-corrected chi connectivity index (χ3v) is 4.74. The largest absolute Gasteiger partial charge is 0.339 e. The lowest BCUT2D eigenvalue weighted by Gasteiger charge is -2.39. The zero-order chi connectivity index (χ0) is 15.0. The van der Waals surface area contributed by atoms with Crippen molar-refractivity contribution in [2.75, 3.05) is 25.5 Å². The molecule has 0 spiro atoms. The quantitative estimate of drug-likeness (QED) is 0.864. The van der Waals surface area contributed by atoms with Gasteiger partial charge in [-0.2, -0.15) is 0 Å². The van der Waals surface area contributed by atoms with Crippen molar-refractivity contribution in [3.05, 3.63) is 29.3 Å². The van der Waals surface area contributed by atoms with Crippen LogP contribution in [0.1, 0.15) is 35.7 Å². The lowest BCUT2D eigenvalue weighted by Crippen LogP contribution is -2.51. The molecule has 1 aromatic carbocycles. The minimum Gasteiger partial charge on any atom is -0.339 e. The summed E-state index contributed by atoms with van der Waals surface area (Å²) in [6.07, 6.45) is 2.29. The summed E-state index contributed by atoms with van der Waals surface area (Å²) in [5.74, 6) is 0.0626. The van der Waals surface area contributed by atoms with Crippen molar-refractivity contribution in [3.8, 4) is 0 Å². The van der Waals surface area contributed by atoms with Crippen LogP contribution in [0.4, 0.5) is 5.69 Å². The molecular formula is C16H21N3O2.